The molecule has 0 saturated heterocycles. The van der Waals surface area contributed by atoms with E-state index in [4.69, 9.17) is 9.57 Å². The predicted molar refractivity (Wildman–Crippen MR) is 73.3 cm³/mol. The van der Waals surface area contributed by atoms with Crippen LogP contribution in [0.3, 0.4) is 0 Å². The fourth-order valence-electron chi connectivity index (χ4n) is 1.68. The second-order valence-electron chi connectivity index (χ2n) is 4.05. The second-order valence-corrected chi connectivity index (χ2v) is 4.05. The molecule has 0 atom stereocenters. The van der Waals surface area contributed by atoms with Crippen molar-refractivity contribution < 1.29 is 18.8 Å². The number of methoxy groups -OCH3 is 1. The molecule has 0 spiro atoms. The lowest BCUT2D eigenvalue weighted by molar-refractivity contribution is -0.141. The first-order valence-electron chi connectivity index (χ1n) is 5.98. The fourth-order valence-corrected chi connectivity index (χ4v) is 1.68. The standard InChI is InChI=1S/C15H14FNO3/c1-11(18)20-17(13-5-3-12(16)4-6-13)14-7-9-15(19-2)10-8-14/h3-10H,1-2H3. The molecular formula is C15H14FNO3. The van der Waals surface area contributed by atoms with E-state index in [1.165, 1.54) is 36.3 Å². The van der Waals surface area contributed by atoms with Crippen LogP contribution < -0.4 is 9.80 Å². The first-order valence-corrected chi connectivity index (χ1v) is 5.98. The molecule has 0 heterocycles. The van der Waals surface area contributed by atoms with Crippen LogP contribution in [-0.4, -0.2) is 13.1 Å². The molecule has 0 aliphatic heterocycles. The van der Waals surface area contributed by atoms with Crippen molar-refractivity contribution in [1.29, 1.82) is 0 Å². The second kappa shape index (κ2) is 6.06. The van der Waals surface area contributed by atoms with Gasteiger partial charge in [-0.1, -0.05) is 0 Å². The van der Waals surface area contributed by atoms with Crippen LogP contribution in [0.15, 0.2) is 48.5 Å². The van der Waals surface area contributed by atoms with E-state index in [0.29, 0.717) is 17.1 Å². The normalized spacial score (nSPS) is 9.95. The highest BCUT2D eigenvalue weighted by atomic mass is 19.1. The van der Waals surface area contributed by atoms with E-state index in [1.807, 2.05) is 0 Å². The van der Waals surface area contributed by atoms with Gasteiger partial charge in [0.25, 0.3) is 0 Å². The molecule has 0 unspecified atom stereocenters. The van der Waals surface area contributed by atoms with E-state index >= 15 is 0 Å². The van der Waals surface area contributed by atoms with Gasteiger partial charge in [0.2, 0.25) is 0 Å². The van der Waals surface area contributed by atoms with Crippen LogP contribution in [0.5, 0.6) is 5.75 Å². The number of hydrogen-bond acceptors (Lipinski definition) is 4. The summed E-state index contributed by atoms with van der Waals surface area (Å²) in [6.07, 6.45) is 0. The molecule has 5 heteroatoms. The Morgan fingerprint density at radius 2 is 1.50 bits per heavy atom. The molecule has 104 valence electrons. The van der Waals surface area contributed by atoms with Crippen LogP contribution >= 0.6 is 0 Å². The molecule has 0 N–H and O–H groups in total. The van der Waals surface area contributed by atoms with Gasteiger partial charge in [0.1, 0.15) is 11.6 Å². The Hall–Kier alpha value is -2.56. The van der Waals surface area contributed by atoms with Crippen LogP contribution in [0.2, 0.25) is 0 Å². The molecule has 0 fully saturated rings. The fraction of sp³-hybridized carbons (Fsp3) is 0.133. The highest BCUT2D eigenvalue weighted by Gasteiger charge is 2.13. The summed E-state index contributed by atoms with van der Waals surface area (Å²) >= 11 is 0. The molecular weight excluding hydrogens is 261 g/mol. The van der Waals surface area contributed by atoms with E-state index in [9.17, 15) is 9.18 Å². The predicted octanol–water partition coefficient (Wildman–Crippen LogP) is 3.45. The molecule has 0 aliphatic rings. The van der Waals surface area contributed by atoms with Crippen LogP contribution in [0, 0.1) is 5.82 Å². The number of hydrogen-bond donors (Lipinski definition) is 0. The third-order valence-electron chi connectivity index (χ3n) is 2.59. The van der Waals surface area contributed by atoms with Gasteiger partial charge in [-0.2, -0.15) is 5.06 Å². The van der Waals surface area contributed by atoms with E-state index < -0.39 is 5.97 Å². The Morgan fingerprint density at radius 1 is 1.00 bits per heavy atom. The van der Waals surface area contributed by atoms with Gasteiger partial charge < -0.3 is 9.57 Å². The minimum atomic E-state index is -0.467. The summed E-state index contributed by atoms with van der Waals surface area (Å²) in [5.74, 6) is -0.132. The summed E-state index contributed by atoms with van der Waals surface area (Å²) in [7, 11) is 1.57. The Morgan fingerprint density at radius 3 is 1.95 bits per heavy atom. The maximum absolute atomic E-state index is 13.0. The van der Waals surface area contributed by atoms with Crippen LogP contribution in [-0.2, 0) is 9.63 Å². The molecule has 4 nitrogen and oxygen atoms in total. The number of benzene rings is 2. The number of rotatable bonds is 4. The third kappa shape index (κ3) is 3.26. The number of ether oxygens (including phenoxy) is 1. The molecule has 2 aromatic carbocycles. The topological polar surface area (TPSA) is 38.8 Å². The minimum absolute atomic E-state index is 0.355. The van der Waals surface area contributed by atoms with Crippen molar-refractivity contribution in [1.82, 2.24) is 0 Å². The smallest absolute Gasteiger partial charge is 0.329 e. The van der Waals surface area contributed by atoms with Gasteiger partial charge in [0.15, 0.2) is 0 Å². The van der Waals surface area contributed by atoms with Crippen molar-refractivity contribution >= 4 is 17.3 Å². The molecule has 0 amide bonds. The van der Waals surface area contributed by atoms with Gasteiger partial charge in [0.05, 0.1) is 18.5 Å². The molecule has 20 heavy (non-hydrogen) atoms. The Labute approximate surface area is 116 Å². The molecule has 2 aromatic rings. The number of halogens is 1. The Kier molecular flexibility index (Phi) is 4.20. The van der Waals surface area contributed by atoms with Crippen LogP contribution in [0.1, 0.15) is 6.92 Å². The Bertz CT molecular complexity index is 581. The van der Waals surface area contributed by atoms with Crippen LogP contribution in [0.4, 0.5) is 15.8 Å². The van der Waals surface area contributed by atoms with Gasteiger partial charge in [-0.15, -0.1) is 0 Å². The summed E-state index contributed by atoms with van der Waals surface area (Å²) in [6.45, 7) is 1.31. The average Bonchev–Trinajstić information content (AvgIpc) is 2.46. The molecule has 2 rings (SSSR count). The molecule has 0 aromatic heterocycles. The van der Waals surface area contributed by atoms with E-state index in [1.54, 1.807) is 31.4 Å². The van der Waals surface area contributed by atoms with Crippen molar-refractivity contribution in [3.05, 3.63) is 54.3 Å². The van der Waals surface area contributed by atoms with Gasteiger partial charge in [-0.05, 0) is 48.5 Å². The molecule has 0 saturated carbocycles. The van der Waals surface area contributed by atoms with Crippen LogP contribution in [0.25, 0.3) is 0 Å². The maximum Gasteiger partial charge on any atom is 0.329 e. The third-order valence-corrected chi connectivity index (χ3v) is 2.59. The lowest BCUT2D eigenvalue weighted by Crippen LogP contribution is -2.20. The van der Waals surface area contributed by atoms with Crippen molar-refractivity contribution in [2.75, 3.05) is 12.2 Å². The van der Waals surface area contributed by atoms with Crippen molar-refractivity contribution in [3.63, 3.8) is 0 Å². The van der Waals surface area contributed by atoms with Gasteiger partial charge in [0, 0.05) is 6.92 Å². The summed E-state index contributed by atoms with van der Waals surface area (Å²) in [6, 6.07) is 12.6. The SMILES string of the molecule is COc1ccc(N(OC(C)=O)c2ccc(F)cc2)cc1. The number of carbonyl (C=O) groups excluding carboxylic acids is 1. The zero-order valence-electron chi connectivity index (χ0n) is 11.2. The number of carbonyl (C=O) groups is 1. The quantitative estimate of drug-likeness (QED) is 0.801. The maximum atomic E-state index is 13.0. The zero-order valence-corrected chi connectivity index (χ0v) is 11.2. The van der Waals surface area contributed by atoms with E-state index in [-0.39, 0.29) is 5.82 Å². The van der Waals surface area contributed by atoms with Crippen molar-refractivity contribution in [2.45, 2.75) is 6.92 Å². The monoisotopic (exact) mass is 275 g/mol. The van der Waals surface area contributed by atoms with Gasteiger partial charge in [-0.3, -0.25) is 0 Å². The lowest BCUT2D eigenvalue weighted by atomic mass is 10.2. The number of nitrogens with zero attached hydrogens (tertiary/aromatic N) is 1. The largest absolute Gasteiger partial charge is 0.497 e. The lowest BCUT2D eigenvalue weighted by Gasteiger charge is -2.22. The Balaban J connectivity index is 2.35. The van der Waals surface area contributed by atoms with Gasteiger partial charge >= 0.3 is 5.97 Å². The summed E-state index contributed by atoms with van der Waals surface area (Å²) < 4.78 is 18.0. The van der Waals surface area contributed by atoms with E-state index in [0.717, 1.165) is 0 Å². The molecule has 0 aliphatic carbocycles. The minimum Gasteiger partial charge on any atom is -0.497 e. The first-order chi connectivity index (χ1) is 9.60. The highest BCUT2D eigenvalue weighted by Crippen LogP contribution is 2.27. The molecule has 0 bridgehead atoms. The zero-order chi connectivity index (χ0) is 14.5. The summed E-state index contributed by atoms with van der Waals surface area (Å²) in [5.41, 5.74) is 1.18. The van der Waals surface area contributed by atoms with Gasteiger partial charge in [-0.25, -0.2) is 9.18 Å². The highest BCUT2D eigenvalue weighted by molar-refractivity contribution is 5.71. The number of anilines is 2. The van der Waals surface area contributed by atoms with Crippen molar-refractivity contribution in [3.8, 4) is 5.75 Å². The van der Waals surface area contributed by atoms with Crippen molar-refractivity contribution in [2.24, 2.45) is 0 Å². The average molecular weight is 275 g/mol. The van der Waals surface area contributed by atoms with E-state index in [2.05, 4.69) is 0 Å². The molecule has 0 radical (unpaired) electrons. The first kappa shape index (κ1) is 13.9. The summed E-state index contributed by atoms with van der Waals surface area (Å²) in [4.78, 5) is 16.4. The summed E-state index contributed by atoms with van der Waals surface area (Å²) in [5, 5.41) is 1.33.